The standard InChI is InChI=1S/C46H36ClF2N5O6S2/c47-26-31-28-62(58)42-37(41(56)54(42)38(31)43(57)59-39(29-16-6-1-7-17-29)30-18-8-2-9-19-30)51-40(55)36(53-60-44(48)49)35-27-61-45(50-35)52-46(32-20-10-3-11-21-32,33-22-12-4-13-23-33)34-24-14-5-15-25-34/h1-25,27,37,39,42,44H,26,28H2,(H,50,52)(H,51,55)/t37?,42-,62?/m1/s1. The Hall–Kier alpha value is -6.55. The number of alkyl halides is 3. The molecular formula is C46H36ClF2N5O6S2. The van der Waals surface area contributed by atoms with E-state index in [9.17, 15) is 27.4 Å². The van der Waals surface area contributed by atoms with Crippen molar-refractivity contribution in [3.8, 4) is 0 Å². The number of thiazole rings is 1. The fourth-order valence-corrected chi connectivity index (χ4v) is 10.3. The van der Waals surface area contributed by atoms with Gasteiger partial charge in [-0.25, -0.2) is 9.78 Å². The van der Waals surface area contributed by atoms with Crippen molar-refractivity contribution in [2.45, 2.75) is 29.7 Å². The maximum Gasteiger partial charge on any atom is 0.407 e. The molecule has 2 N–H and O–H groups in total. The summed E-state index contributed by atoms with van der Waals surface area (Å²) in [5.41, 5.74) is 2.13. The fourth-order valence-electron chi connectivity index (χ4n) is 7.58. The van der Waals surface area contributed by atoms with Gasteiger partial charge in [0.15, 0.2) is 16.9 Å². The number of nitrogens with one attached hydrogen (secondary N) is 2. The Morgan fingerprint density at radius 1 is 0.839 bits per heavy atom. The Labute approximate surface area is 366 Å². The van der Waals surface area contributed by atoms with Gasteiger partial charge in [-0.15, -0.1) is 22.9 Å². The number of nitrogens with zero attached hydrogens (tertiary/aromatic N) is 3. The summed E-state index contributed by atoms with van der Waals surface area (Å²) in [5, 5.41) is 10.0. The minimum absolute atomic E-state index is 0.145. The van der Waals surface area contributed by atoms with Gasteiger partial charge in [-0.05, 0) is 33.4 Å². The second kappa shape index (κ2) is 18.6. The maximum atomic E-state index is 14.1. The molecule has 16 heteroatoms. The molecule has 0 bridgehead atoms. The average molecular weight is 892 g/mol. The lowest BCUT2D eigenvalue weighted by Crippen LogP contribution is -2.74. The van der Waals surface area contributed by atoms with E-state index in [1.165, 1.54) is 5.38 Å². The third-order valence-corrected chi connectivity index (χ3v) is 13.1. The van der Waals surface area contributed by atoms with Crippen molar-refractivity contribution in [3.63, 3.8) is 0 Å². The highest BCUT2D eigenvalue weighted by atomic mass is 35.5. The third-order valence-electron chi connectivity index (χ3n) is 10.4. The van der Waals surface area contributed by atoms with Gasteiger partial charge in [0.05, 0.1) is 16.6 Å². The van der Waals surface area contributed by atoms with Gasteiger partial charge in [-0.3, -0.25) is 18.7 Å². The van der Waals surface area contributed by atoms with Crippen LogP contribution in [0.15, 0.2) is 173 Å². The lowest BCUT2D eigenvalue weighted by molar-refractivity contribution is -0.154. The zero-order valence-electron chi connectivity index (χ0n) is 32.5. The van der Waals surface area contributed by atoms with E-state index in [1.807, 2.05) is 103 Å². The number of anilines is 1. The molecule has 3 heterocycles. The highest BCUT2D eigenvalue weighted by Gasteiger charge is 2.57. The lowest BCUT2D eigenvalue weighted by Gasteiger charge is -2.49. The molecule has 1 saturated heterocycles. The van der Waals surface area contributed by atoms with Crippen molar-refractivity contribution in [3.05, 3.63) is 202 Å². The van der Waals surface area contributed by atoms with Crippen molar-refractivity contribution in [1.29, 1.82) is 0 Å². The zero-order valence-corrected chi connectivity index (χ0v) is 34.9. The molecule has 3 atom stereocenters. The van der Waals surface area contributed by atoms with Gasteiger partial charge in [0.1, 0.15) is 28.3 Å². The Balaban J connectivity index is 1.07. The lowest BCUT2D eigenvalue weighted by atomic mass is 9.77. The van der Waals surface area contributed by atoms with Gasteiger partial charge >= 0.3 is 12.6 Å². The quantitative estimate of drug-likeness (QED) is 0.0267. The molecule has 0 spiro atoms. The van der Waals surface area contributed by atoms with Crippen LogP contribution in [0, 0.1) is 0 Å². The third kappa shape index (κ3) is 8.38. The highest BCUT2D eigenvalue weighted by Crippen LogP contribution is 2.41. The van der Waals surface area contributed by atoms with Crippen LogP contribution in [-0.4, -0.2) is 67.2 Å². The first-order valence-electron chi connectivity index (χ1n) is 19.2. The number of carbonyl (C=O) groups is 3. The van der Waals surface area contributed by atoms with Gasteiger partial charge in [0.2, 0.25) is 0 Å². The van der Waals surface area contributed by atoms with Crippen LogP contribution in [0.3, 0.4) is 0 Å². The van der Waals surface area contributed by atoms with Crippen LogP contribution in [0.25, 0.3) is 0 Å². The molecule has 62 heavy (non-hydrogen) atoms. The first-order valence-corrected chi connectivity index (χ1v) is 22.0. The van der Waals surface area contributed by atoms with E-state index in [0.717, 1.165) is 32.9 Å². The second-order valence-electron chi connectivity index (χ2n) is 14.1. The van der Waals surface area contributed by atoms with E-state index >= 15 is 0 Å². The Morgan fingerprint density at radius 3 is 1.82 bits per heavy atom. The number of benzene rings is 5. The summed E-state index contributed by atoms with van der Waals surface area (Å²) >= 11 is 7.35. The number of ether oxygens (including phenoxy) is 1. The summed E-state index contributed by atoms with van der Waals surface area (Å²) in [5.74, 6) is -3.21. The van der Waals surface area contributed by atoms with Crippen LogP contribution in [0.2, 0.25) is 0 Å². The molecule has 6 aromatic rings. The molecule has 2 unspecified atom stereocenters. The number of carbonyl (C=O) groups excluding carboxylic acids is 3. The van der Waals surface area contributed by atoms with E-state index in [4.69, 9.17) is 16.3 Å². The van der Waals surface area contributed by atoms with Crippen molar-refractivity contribution in [2.24, 2.45) is 5.16 Å². The predicted molar refractivity (Wildman–Crippen MR) is 233 cm³/mol. The molecule has 0 aliphatic carbocycles. The highest BCUT2D eigenvalue weighted by molar-refractivity contribution is 7.86. The number of halogens is 3. The second-order valence-corrected chi connectivity index (χ2v) is 16.7. The first kappa shape index (κ1) is 42.2. The molecule has 8 rings (SSSR count). The van der Waals surface area contributed by atoms with E-state index in [-0.39, 0.29) is 28.6 Å². The van der Waals surface area contributed by atoms with Gasteiger partial charge < -0.3 is 20.2 Å². The van der Waals surface area contributed by atoms with Crippen molar-refractivity contribution in [1.82, 2.24) is 15.2 Å². The van der Waals surface area contributed by atoms with Gasteiger partial charge in [-0.1, -0.05) is 157 Å². The van der Waals surface area contributed by atoms with Crippen molar-refractivity contribution >= 4 is 62.4 Å². The molecule has 0 saturated carbocycles. The summed E-state index contributed by atoms with van der Waals surface area (Å²) in [4.78, 5) is 52.0. The van der Waals surface area contributed by atoms with Crippen molar-refractivity contribution in [2.75, 3.05) is 16.9 Å². The monoisotopic (exact) mass is 891 g/mol. The minimum Gasteiger partial charge on any atom is -0.448 e. The number of hydrogen-bond donors (Lipinski definition) is 2. The first-order chi connectivity index (χ1) is 30.2. The molecule has 2 aliphatic rings. The SMILES string of the molecule is O=C(NC1C(=O)N2C(C(=O)OC(c3ccccc3)c3ccccc3)=C(CCl)CS(=O)[C@H]12)C(=NOC(F)F)c1csc(NC(c2ccccc2)(c2ccccc2)c2ccccc2)n1. The number of hydrogen-bond acceptors (Lipinski definition) is 10. The van der Waals surface area contributed by atoms with Crippen LogP contribution in [-0.2, 0) is 40.3 Å². The molecule has 0 radical (unpaired) electrons. The van der Waals surface area contributed by atoms with E-state index in [0.29, 0.717) is 16.3 Å². The number of amides is 2. The van der Waals surface area contributed by atoms with Crippen LogP contribution >= 0.6 is 22.9 Å². The van der Waals surface area contributed by atoms with E-state index in [2.05, 4.69) is 25.6 Å². The number of oxime groups is 1. The summed E-state index contributed by atoms with van der Waals surface area (Å²) < 4.78 is 46.7. The molecular weight excluding hydrogens is 856 g/mol. The molecule has 5 aromatic carbocycles. The average Bonchev–Trinajstić information content (AvgIpc) is 3.77. The van der Waals surface area contributed by atoms with Crippen LogP contribution in [0.5, 0.6) is 0 Å². The van der Waals surface area contributed by atoms with E-state index < -0.39 is 64.0 Å². The number of fused-ring (bicyclic) bond motifs is 1. The predicted octanol–water partition coefficient (Wildman–Crippen LogP) is 7.73. The minimum atomic E-state index is -3.40. The summed E-state index contributed by atoms with van der Waals surface area (Å²) in [6.07, 6.45) is -0.865. The van der Waals surface area contributed by atoms with Gasteiger partial charge in [0.25, 0.3) is 11.8 Å². The Morgan fingerprint density at radius 2 is 1.34 bits per heavy atom. The summed E-state index contributed by atoms with van der Waals surface area (Å²) in [6.45, 7) is -3.40. The zero-order chi connectivity index (χ0) is 43.2. The van der Waals surface area contributed by atoms with Gasteiger partial charge in [-0.2, -0.15) is 8.78 Å². The molecule has 11 nitrogen and oxygen atoms in total. The maximum absolute atomic E-state index is 14.1. The normalized spacial score (nSPS) is 17.6. The molecule has 2 amide bonds. The fraction of sp³-hybridized carbons (Fsp3) is 0.152. The molecule has 314 valence electrons. The molecule has 2 aliphatic heterocycles. The Kier molecular flexibility index (Phi) is 12.6. The largest absolute Gasteiger partial charge is 0.448 e. The molecule has 1 fully saturated rings. The summed E-state index contributed by atoms with van der Waals surface area (Å²) in [6, 6.07) is 45.6. The smallest absolute Gasteiger partial charge is 0.407 e. The van der Waals surface area contributed by atoms with E-state index in [1.54, 1.807) is 48.5 Å². The summed E-state index contributed by atoms with van der Waals surface area (Å²) in [7, 11) is -1.85. The molecule has 1 aromatic heterocycles. The number of esters is 1. The number of rotatable bonds is 15. The van der Waals surface area contributed by atoms with Crippen LogP contribution in [0.4, 0.5) is 13.9 Å². The van der Waals surface area contributed by atoms with Crippen LogP contribution < -0.4 is 10.6 Å². The Bertz CT molecular complexity index is 2510. The van der Waals surface area contributed by atoms with Gasteiger partial charge in [0, 0.05) is 11.3 Å². The van der Waals surface area contributed by atoms with Crippen LogP contribution in [0.1, 0.15) is 39.6 Å². The number of β-lactam (4-membered cyclic amide) rings is 1. The topological polar surface area (TPSA) is 139 Å². The van der Waals surface area contributed by atoms with Crippen molar-refractivity contribution < 1.29 is 36.9 Å². The number of aromatic nitrogens is 1.